The van der Waals surface area contributed by atoms with Gasteiger partial charge in [-0.3, -0.25) is 0 Å². The van der Waals surface area contributed by atoms with Gasteiger partial charge in [0.25, 0.3) is 0 Å². The highest BCUT2D eigenvalue weighted by Gasteiger charge is 2.35. The van der Waals surface area contributed by atoms with Gasteiger partial charge < -0.3 is 9.47 Å². The fraction of sp³-hybridized carbons (Fsp3) is 0.0357. The second-order valence-electron chi connectivity index (χ2n) is 28.5. The van der Waals surface area contributed by atoms with Crippen LogP contribution in [-0.4, -0.2) is 14.2 Å². The molecular weight excluding hydrogens is 1570 g/mol. The average Bonchev–Trinajstić information content (AvgIpc) is 0.788. The van der Waals surface area contributed by atoms with Crippen LogP contribution in [0.4, 0.5) is 0 Å². The largest absolute Gasteiger partial charge is 0.495 e. The van der Waals surface area contributed by atoms with E-state index >= 15 is 0 Å². The normalized spacial score (nSPS) is 11.7. The zero-order valence-electron chi connectivity index (χ0n) is 67.2. The zero-order chi connectivity index (χ0) is 81.6. The lowest BCUT2D eigenvalue weighted by atomic mass is 10.1. The molecule has 2 nitrogen and oxygen atoms in total. The van der Waals surface area contributed by atoms with Crippen molar-refractivity contribution in [3.63, 3.8) is 0 Å². The first kappa shape index (κ1) is 81.4. The molecule has 0 saturated heterocycles. The van der Waals surface area contributed by atoms with Crippen LogP contribution in [0.2, 0.25) is 0 Å². The van der Waals surface area contributed by atoms with Gasteiger partial charge in [0.05, 0.1) is 40.9 Å². The van der Waals surface area contributed by atoms with E-state index in [1.54, 1.807) is 37.7 Å². The van der Waals surface area contributed by atoms with E-state index in [0.717, 1.165) is 21.3 Å². The van der Waals surface area contributed by atoms with Crippen molar-refractivity contribution in [3.8, 4) is 78.3 Å². The summed E-state index contributed by atoms with van der Waals surface area (Å²) in [5.74, 6) is 1.74. The summed E-state index contributed by atoms with van der Waals surface area (Å²) >= 11 is 5.36. The van der Waals surface area contributed by atoms with Crippen LogP contribution in [0.25, 0.3) is 66.8 Å². The fourth-order valence-electron chi connectivity index (χ4n) is 14.4. The predicted molar refractivity (Wildman–Crippen MR) is 511 cm³/mol. The Hall–Kier alpha value is -12.3. The molecule has 0 bridgehead atoms. The van der Waals surface area contributed by atoms with Crippen molar-refractivity contribution in [2.24, 2.45) is 0 Å². The van der Waals surface area contributed by atoms with E-state index < -0.39 is 10.9 Å². The van der Waals surface area contributed by atoms with Crippen LogP contribution < -0.4 is 9.47 Å². The third kappa shape index (κ3) is 20.5. The molecule has 18 rings (SSSR count). The number of methoxy groups -OCH3 is 2. The van der Waals surface area contributed by atoms with E-state index in [0.29, 0.717) is 0 Å². The van der Waals surface area contributed by atoms with Gasteiger partial charge in [-0.15, -0.1) is 0 Å². The Morgan fingerprint density at radius 2 is 0.425 bits per heavy atom. The summed E-state index contributed by atoms with van der Waals surface area (Å²) in [5, 5.41) is 0. The minimum atomic E-state index is -0.396. The minimum absolute atomic E-state index is 0.168. The number of hydrogen-bond donors (Lipinski definition) is 0. The smallest absolute Gasteiger partial charge is 0.208 e. The number of benzene rings is 18. The number of hydrogen-bond acceptors (Lipinski definition) is 5. The summed E-state index contributed by atoms with van der Waals surface area (Å²) < 4.78 is 11.8. The third-order valence-corrected chi connectivity index (χ3v) is 30.7. The van der Waals surface area contributed by atoms with Crippen LogP contribution in [0, 0.1) is 13.8 Å². The first-order chi connectivity index (χ1) is 59.2. The molecule has 0 saturated carbocycles. The molecule has 0 aromatic heterocycles. The molecule has 582 valence electrons. The van der Waals surface area contributed by atoms with E-state index in [-0.39, 0.29) is 21.8 Å². The van der Waals surface area contributed by atoms with Crippen molar-refractivity contribution in [2.45, 2.75) is 87.3 Å². The maximum Gasteiger partial charge on any atom is 0.208 e. The van der Waals surface area contributed by atoms with E-state index in [4.69, 9.17) is 9.47 Å². The van der Waals surface area contributed by atoms with Crippen molar-refractivity contribution in [3.05, 3.63) is 478 Å². The zero-order valence-corrected chi connectivity index (χ0v) is 72.1. The highest BCUT2D eigenvalue weighted by Crippen LogP contribution is 2.45. The molecular formula is C112H89O2S6+3. The van der Waals surface area contributed by atoms with Crippen molar-refractivity contribution >= 4 is 68.0 Å². The fourth-order valence-corrected chi connectivity index (χ4v) is 23.5. The van der Waals surface area contributed by atoms with Crippen LogP contribution in [0.5, 0.6) is 11.5 Å². The molecule has 18 aromatic rings. The Morgan fingerprint density at radius 3 is 0.792 bits per heavy atom. The standard InChI is InChI=1S/C38H31O2S2.C38H31S2.C36H27S2/c1-39-35-15-9-10-16-38(35)42(33-23-19-31(20-24-33)29-13-7-4-8-14-29)34-25-26-37(36(27-34)40-2)41-32-21-17-30(18-22-32)28-11-5-3-6-12-28;1-28-11-9-10-16-38(28)40(35-23-19-33(20-24-35)31-14-7-4-8-15-31)36-25-26-37(29(2)27-36)39-34-21-17-32(18-22-34)30-12-5-3-6-13-30;1-4-10-28(11-5-1)30-16-20-32(21-17-30)37-33-22-26-36(27-23-33)38(34-14-8-3-9-15-34)35-24-18-31(19-25-35)29-12-6-2-7-13-29/h3-27H,1-2H3;3-27H,1-2H3;1-27H/q3*+1. The van der Waals surface area contributed by atoms with Crippen LogP contribution in [0.15, 0.2) is 541 Å². The van der Waals surface area contributed by atoms with Crippen molar-refractivity contribution in [1.82, 2.24) is 0 Å². The molecule has 3 atom stereocenters. The number of aryl methyl sites for hydroxylation is 2. The second kappa shape index (κ2) is 40.4. The van der Waals surface area contributed by atoms with Crippen LogP contribution >= 0.6 is 35.3 Å². The van der Waals surface area contributed by atoms with E-state index in [1.165, 1.54) is 142 Å². The molecule has 0 aliphatic rings. The molecule has 0 aliphatic carbocycles. The van der Waals surface area contributed by atoms with Crippen molar-refractivity contribution < 1.29 is 9.47 Å². The first-order valence-corrected chi connectivity index (χ1v) is 46.2. The van der Waals surface area contributed by atoms with E-state index in [9.17, 15) is 0 Å². The number of ether oxygens (including phenoxy) is 2. The first-order valence-electron chi connectivity index (χ1n) is 40.0. The molecule has 0 radical (unpaired) electrons. The lowest BCUT2D eigenvalue weighted by molar-refractivity contribution is 0.403. The van der Waals surface area contributed by atoms with E-state index in [2.05, 4.69) is 457 Å². The second-order valence-corrected chi connectivity index (χ2v) is 37.9. The summed E-state index contributed by atoms with van der Waals surface area (Å²) in [6.45, 7) is 4.46. The molecule has 0 aliphatic heterocycles. The van der Waals surface area contributed by atoms with Gasteiger partial charge in [0, 0.05) is 36.1 Å². The van der Waals surface area contributed by atoms with Gasteiger partial charge in [-0.2, -0.15) is 0 Å². The van der Waals surface area contributed by atoms with Crippen molar-refractivity contribution in [1.29, 1.82) is 0 Å². The molecule has 0 N–H and O–H groups in total. The third-order valence-electron chi connectivity index (χ3n) is 20.6. The van der Waals surface area contributed by atoms with Gasteiger partial charge in [0.1, 0.15) is 16.6 Å². The average molecular weight is 1660 g/mol. The molecule has 0 heterocycles. The summed E-state index contributed by atoms with van der Waals surface area (Å²) in [7, 11) is 2.73. The quantitative estimate of drug-likeness (QED) is 0.0593. The topological polar surface area (TPSA) is 18.5 Å². The van der Waals surface area contributed by atoms with Crippen LogP contribution in [0.1, 0.15) is 11.1 Å². The van der Waals surface area contributed by atoms with Gasteiger partial charge in [-0.05, 0) is 280 Å². The molecule has 3 unspecified atom stereocenters. The Kier molecular flexibility index (Phi) is 27.4. The lowest BCUT2D eigenvalue weighted by Gasteiger charge is -2.14. The number of rotatable bonds is 23. The molecule has 0 amide bonds. The van der Waals surface area contributed by atoms with Gasteiger partial charge in [0.2, 0.25) is 4.90 Å². The summed E-state index contributed by atoms with van der Waals surface area (Å²) in [4.78, 5) is 18.9. The Morgan fingerprint density at radius 1 is 0.175 bits per heavy atom. The Bertz CT molecular complexity index is 6270. The Labute approximate surface area is 729 Å². The molecule has 0 fully saturated rings. The monoisotopic (exact) mass is 1660 g/mol. The predicted octanol–water partition coefficient (Wildman–Crippen LogP) is 31.4. The summed E-state index contributed by atoms with van der Waals surface area (Å²) in [6.07, 6.45) is 0. The van der Waals surface area contributed by atoms with Gasteiger partial charge in [-0.1, -0.05) is 302 Å². The molecule has 18 aromatic carbocycles. The molecule has 120 heavy (non-hydrogen) atoms. The van der Waals surface area contributed by atoms with Gasteiger partial charge in [0.15, 0.2) is 44.9 Å². The highest BCUT2D eigenvalue weighted by molar-refractivity contribution is 8.00. The maximum absolute atomic E-state index is 5.96. The van der Waals surface area contributed by atoms with E-state index in [1.807, 2.05) is 36.0 Å². The SMILES string of the molecule is COc1cc([S+](c2ccc(-c3ccccc3)cc2)c2ccccc2OC)ccc1Sc1ccc(-c2ccccc2)cc1.Cc1cc([S+](c2ccc(-c3ccccc3)cc2)c2ccccc2C)ccc1Sc1ccc(-c2ccccc2)cc1.c1ccc(-c2ccc(Sc3ccc([S+](c4ccccc4)c4ccc(-c5ccccc5)cc4)cc3)cc2)cc1. The van der Waals surface area contributed by atoms with Crippen LogP contribution in [0.3, 0.4) is 0 Å². The minimum Gasteiger partial charge on any atom is -0.495 e. The molecule has 0 spiro atoms. The maximum atomic E-state index is 5.96. The number of para-hydroxylation sites is 1. The van der Waals surface area contributed by atoms with Gasteiger partial charge in [-0.25, -0.2) is 0 Å². The molecule has 8 heteroatoms. The van der Waals surface area contributed by atoms with Gasteiger partial charge >= 0.3 is 0 Å². The summed E-state index contributed by atoms with van der Waals surface area (Å²) in [6, 6.07) is 167. The highest BCUT2D eigenvalue weighted by atomic mass is 32.2. The van der Waals surface area contributed by atoms with Crippen LogP contribution in [-0.2, 0) is 32.7 Å². The lowest BCUT2D eigenvalue weighted by Crippen LogP contribution is -2.07. The summed E-state index contributed by atoms with van der Waals surface area (Å²) in [5.41, 5.74) is 17.5. The Balaban J connectivity index is 0.000000134. The van der Waals surface area contributed by atoms with Crippen molar-refractivity contribution in [2.75, 3.05) is 14.2 Å².